The Balaban J connectivity index is 1.65. The first-order valence-corrected chi connectivity index (χ1v) is 11.9. The van der Waals surface area contributed by atoms with Crippen LogP contribution in [0.5, 0.6) is 5.75 Å². The van der Waals surface area contributed by atoms with E-state index in [2.05, 4.69) is 36.8 Å². The molecule has 2 aromatic carbocycles. The predicted molar refractivity (Wildman–Crippen MR) is 129 cm³/mol. The van der Waals surface area contributed by atoms with Crippen LogP contribution in [0, 0.1) is 0 Å². The highest BCUT2D eigenvalue weighted by Gasteiger charge is 2.23. The number of anilines is 1. The maximum Gasteiger partial charge on any atom is 0.251 e. The van der Waals surface area contributed by atoms with Crippen molar-refractivity contribution in [2.24, 2.45) is 0 Å². The average Bonchev–Trinajstić information content (AvgIpc) is 3.25. The number of carbonyl (C=O) groups is 2. The number of nitrogens with one attached hydrogen (secondary N) is 2. The first-order valence-electron chi connectivity index (χ1n) is 10.1. The summed E-state index contributed by atoms with van der Waals surface area (Å²) in [6.07, 6.45) is 0. The molecule has 1 heterocycles. The van der Waals surface area contributed by atoms with Crippen molar-refractivity contribution in [2.75, 3.05) is 24.8 Å². The number of hydrogen-bond donors (Lipinski definition) is 3. The zero-order chi connectivity index (χ0) is 23.8. The van der Waals surface area contributed by atoms with E-state index in [1.807, 2.05) is 19.1 Å². The van der Waals surface area contributed by atoms with Crippen molar-refractivity contribution in [2.45, 2.75) is 24.7 Å². The molecule has 1 atom stereocenters. The largest absolute Gasteiger partial charge is 0.497 e. The second-order valence-corrected chi connectivity index (χ2v) is 8.72. The van der Waals surface area contributed by atoms with Crippen molar-refractivity contribution >= 4 is 45.2 Å². The van der Waals surface area contributed by atoms with Gasteiger partial charge in [-0.1, -0.05) is 27.7 Å². The number of aliphatic hydroxyl groups excluding tert-OH is 1. The SMILES string of the molecule is CCn1c(SCC(=O)Nc2ccc(Br)cc2)nnc1[C@H](CO)NC(=O)c1ccc(OC)cc1. The molecule has 1 aromatic heterocycles. The molecule has 0 aliphatic rings. The number of methoxy groups -OCH3 is 1. The van der Waals surface area contributed by atoms with Gasteiger partial charge >= 0.3 is 0 Å². The molecular weight excluding hydrogens is 510 g/mol. The lowest BCUT2D eigenvalue weighted by Crippen LogP contribution is -2.32. The van der Waals surface area contributed by atoms with Crippen LogP contribution in [-0.4, -0.2) is 51.2 Å². The number of hydrogen-bond acceptors (Lipinski definition) is 7. The van der Waals surface area contributed by atoms with Crippen molar-refractivity contribution in [3.05, 3.63) is 64.4 Å². The Morgan fingerprint density at radius 1 is 1.15 bits per heavy atom. The lowest BCUT2D eigenvalue weighted by atomic mass is 10.2. The molecule has 33 heavy (non-hydrogen) atoms. The van der Waals surface area contributed by atoms with E-state index in [1.54, 1.807) is 48.1 Å². The Morgan fingerprint density at radius 3 is 2.45 bits per heavy atom. The minimum absolute atomic E-state index is 0.135. The highest BCUT2D eigenvalue weighted by molar-refractivity contribution is 9.10. The third kappa shape index (κ3) is 6.56. The third-order valence-corrected chi connectivity index (χ3v) is 6.17. The molecule has 3 N–H and O–H groups in total. The van der Waals surface area contributed by atoms with Crippen LogP contribution in [0.15, 0.2) is 58.2 Å². The molecule has 0 radical (unpaired) electrons. The molecule has 3 aromatic rings. The fraction of sp³-hybridized carbons (Fsp3) is 0.273. The molecule has 3 rings (SSSR count). The summed E-state index contributed by atoms with van der Waals surface area (Å²) in [6, 6.07) is 13.2. The lowest BCUT2D eigenvalue weighted by Gasteiger charge is -2.17. The minimum Gasteiger partial charge on any atom is -0.497 e. The number of rotatable bonds is 10. The summed E-state index contributed by atoms with van der Waals surface area (Å²) in [5.41, 5.74) is 1.12. The molecule has 0 saturated heterocycles. The van der Waals surface area contributed by atoms with Crippen LogP contribution in [0.1, 0.15) is 29.1 Å². The summed E-state index contributed by atoms with van der Waals surface area (Å²) in [5, 5.41) is 24.4. The highest BCUT2D eigenvalue weighted by atomic mass is 79.9. The number of carbonyl (C=O) groups excluding carboxylic acids is 2. The van der Waals surface area contributed by atoms with Crippen LogP contribution < -0.4 is 15.4 Å². The zero-order valence-corrected chi connectivity index (χ0v) is 20.5. The maximum atomic E-state index is 12.6. The number of amides is 2. The molecular formula is C22H24BrN5O4S. The molecule has 174 valence electrons. The van der Waals surface area contributed by atoms with Gasteiger partial charge in [0.1, 0.15) is 11.8 Å². The molecule has 0 aliphatic heterocycles. The van der Waals surface area contributed by atoms with E-state index in [1.165, 1.54) is 11.8 Å². The van der Waals surface area contributed by atoms with Crippen LogP contribution in [0.2, 0.25) is 0 Å². The quantitative estimate of drug-likeness (QED) is 0.342. The number of nitrogens with zero attached hydrogens (tertiary/aromatic N) is 3. The Labute approximate surface area is 204 Å². The predicted octanol–water partition coefficient (Wildman–Crippen LogP) is 3.26. The van der Waals surface area contributed by atoms with Gasteiger partial charge in [-0.05, 0) is 55.5 Å². The van der Waals surface area contributed by atoms with Gasteiger partial charge in [0.2, 0.25) is 5.91 Å². The number of halogens is 1. The summed E-state index contributed by atoms with van der Waals surface area (Å²) in [6.45, 7) is 2.06. The number of benzene rings is 2. The van der Waals surface area contributed by atoms with E-state index in [0.29, 0.717) is 34.5 Å². The Bertz CT molecular complexity index is 1090. The van der Waals surface area contributed by atoms with E-state index < -0.39 is 6.04 Å². The first kappa shape index (κ1) is 24.7. The minimum atomic E-state index is -0.752. The number of aromatic nitrogens is 3. The van der Waals surface area contributed by atoms with Crippen molar-refractivity contribution < 1.29 is 19.4 Å². The highest BCUT2D eigenvalue weighted by Crippen LogP contribution is 2.22. The lowest BCUT2D eigenvalue weighted by molar-refractivity contribution is -0.113. The Kier molecular flexibility index (Phi) is 8.87. The molecule has 0 fully saturated rings. The van der Waals surface area contributed by atoms with Crippen molar-refractivity contribution in [3.63, 3.8) is 0 Å². The summed E-state index contributed by atoms with van der Waals surface area (Å²) in [7, 11) is 1.55. The van der Waals surface area contributed by atoms with Crippen molar-refractivity contribution in [3.8, 4) is 5.75 Å². The molecule has 2 amide bonds. The van der Waals surface area contributed by atoms with Crippen LogP contribution >= 0.6 is 27.7 Å². The van der Waals surface area contributed by atoms with E-state index in [9.17, 15) is 14.7 Å². The normalized spacial score (nSPS) is 11.6. The second kappa shape index (κ2) is 11.8. The monoisotopic (exact) mass is 533 g/mol. The van der Waals surface area contributed by atoms with Gasteiger partial charge in [0.25, 0.3) is 5.91 Å². The standard InChI is InChI=1S/C22H24BrN5O4S/c1-3-28-20(18(12-29)25-21(31)14-4-10-17(32-2)11-5-14)26-27-22(28)33-13-19(30)24-16-8-6-15(23)7-9-16/h4-11,18,29H,3,12-13H2,1-2H3,(H,24,30)(H,25,31)/t18-/m0/s1. The van der Waals surface area contributed by atoms with Crippen molar-refractivity contribution in [1.29, 1.82) is 0 Å². The Morgan fingerprint density at radius 2 is 1.85 bits per heavy atom. The molecule has 11 heteroatoms. The first-order chi connectivity index (χ1) is 15.9. The van der Waals surface area contributed by atoms with Crippen LogP contribution in [0.3, 0.4) is 0 Å². The van der Waals surface area contributed by atoms with Crippen LogP contribution in [0.4, 0.5) is 5.69 Å². The number of ether oxygens (including phenoxy) is 1. The smallest absolute Gasteiger partial charge is 0.251 e. The van der Waals surface area contributed by atoms with E-state index in [4.69, 9.17) is 4.74 Å². The van der Waals surface area contributed by atoms with E-state index in [0.717, 1.165) is 4.47 Å². The molecule has 9 nitrogen and oxygen atoms in total. The Hall–Kier alpha value is -2.89. The van der Waals surface area contributed by atoms with E-state index in [-0.39, 0.29) is 24.2 Å². The third-order valence-electron chi connectivity index (χ3n) is 4.67. The molecule has 0 bridgehead atoms. The fourth-order valence-corrected chi connectivity index (χ4v) is 4.07. The molecule has 0 unspecified atom stereocenters. The van der Waals surface area contributed by atoms with Gasteiger partial charge in [0.05, 0.1) is 19.5 Å². The van der Waals surface area contributed by atoms with Gasteiger partial charge in [-0.15, -0.1) is 10.2 Å². The van der Waals surface area contributed by atoms with Crippen LogP contribution in [-0.2, 0) is 11.3 Å². The number of thioether (sulfide) groups is 1. The summed E-state index contributed by atoms with van der Waals surface area (Å²) < 4.78 is 7.80. The average molecular weight is 534 g/mol. The topological polar surface area (TPSA) is 118 Å². The maximum absolute atomic E-state index is 12.6. The van der Waals surface area contributed by atoms with E-state index >= 15 is 0 Å². The van der Waals surface area contributed by atoms with Crippen LogP contribution in [0.25, 0.3) is 0 Å². The summed E-state index contributed by atoms with van der Waals surface area (Å²) in [4.78, 5) is 24.9. The van der Waals surface area contributed by atoms with Gasteiger partial charge in [0, 0.05) is 22.3 Å². The van der Waals surface area contributed by atoms with Gasteiger partial charge in [0.15, 0.2) is 11.0 Å². The van der Waals surface area contributed by atoms with Gasteiger partial charge < -0.3 is 25.0 Å². The van der Waals surface area contributed by atoms with Gasteiger partial charge in [-0.3, -0.25) is 9.59 Å². The van der Waals surface area contributed by atoms with Gasteiger partial charge in [-0.25, -0.2) is 0 Å². The van der Waals surface area contributed by atoms with Crippen molar-refractivity contribution in [1.82, 2.24) is 20.1 Å². The molecule has 0 saturated carbocycles. The van der Waals surface area contributed by atoms with Gasteiger partial charge in [-0.2, -0.15) is 0 Å². The zero-order valence-electron chi connectivity index (χ0n) is 18.1. The second-order valence-electron chi connectivity index (χ2n) is 6.87. The summed E-state index contributed by atoms with van der Waals surface area (Å²) in [5.74, 6) is 0.655. The number of aliphatic hydroxyl groups is 1. The summed E-state index contributed by atoms with van der Waals surface area (Å²) >= 11 is 4.59. The fourth-order valence-electron chi connectivity index (χ4n) is 3.00. The molecule has 0 aliphatic carbocycles. The molecule has 0 spiro atoms.